The Kier molecular flexibility index (Phi) is 5.81. The molecule has 0 aliphatic heterocycles. The highest BCUT2D eigenvalue weighted by molar-refractivity contribution is 5.60. The van der Waals surface area contributed by atoms with Crippen molar-refractivity contribution in [1.29, 1.82) is 0 Å². The van der Waals surface area contributed by atoms with Gasteiger partial charge in [-0.25, -0.2) is 4.98 Å². The summed E-state index contributed by atoms with van der Waals surface area (Å²) >= 11 is 0. The van der Waals surface area contributed by atoms with E-state index in [1.54, 1.807) is 0 Å². The van der Waals surface area contributed by atoms with Gasteiger partial charge in [-0.05, 0) is 30.7 Å². The molecule has 1 N–H and O–H groups in total. The number of aromatic nitrogens is 1. The fourth-order valence-corrected chi connectivity index (χ4v) is 1.97. The van der Waals surface area contributed by atoms with Gasteiger partial charge in [-0.2, -0.15) is 0 Å². The van der Waals surface area contributed by atoms with E-state index in [1.165, 1.54) is 6.39 Å². The zero-order valence-corrected chi connectivity index (χ0v) is 13.1. The summed E-state index contributed by atoms with van der Waals surface area (Å²) in [5.74, 6) is 1.72. The molecule has 0 bridgehead atoms. The summed E-state index contributed by atoms with van der Waals surface area (Å²) < 4.78 is 11.2. The molecule has 4 heteroatoms. The van der Waals surface area contributed by atoms with Crippen LogP contribution in [0, 0.1) is 0 Å². The normalized spacial score (nSPS) is 11.0. The molecule has 0 radical (unpaired) electrons. The number of benzene rings is 1. The molecule has 1 aromatic heterocycles. The van der Waals surface area contributed by atoms with Crippen molar-refractivity contribution in [3.63, 3.8) is 0 Å². The van der Waals surface area contributed by atoms with Crippen LogP contribution in [0.25, 0.3) is 11.3 Å². The van der Waals surface area contributed by atoms with Gasteiger partial charge >= 0.3 is 0 Å². The first-order chi connectivity index (χ1) is 10.2. The summed E-state index contributed by atoms with van der Waals surface area (Å²) in [7, 11) is 0. The van der Waals surface area contributed by atoms with E-state index in [0.717, 1.165) is 42.2 Å². The van der Waals surface area contributed by atoms with Gasteiger partial charge in [0.1, 0.15) is 11.4 Å². The highest BCUT2D eigenvalue weighted by Gasteiger charge is 2.11. The average molecular weight is 288 g/mol. The molecule has 0 saturated carbocycles. The van der Waals surface area contributed by atoms with Gasteiger partial charge < -0.3 is 14.5 Å². The van der Waals surface area contributed by atoms with E-state index in [4.69, 9.17) is 9.15 Å². The van der Waals surface area contributed by atoms with Gasteiger partial charge in [0, 0.05) is 18.2 Å². The van der Waals surface area contributed by atoms with E-state index in [1.807, 2.05) is 24.3 Å². The standard InChI is InChI=1S/C17H24N2O2/c1-4-5-10-20-15-8-6-14(7-9-15)17-16(19-12-21-17)11-18-13(2)3/h6-9,12-13,18H,4-5,10-11H2,1-3H3. The van der Waals surface area contributed by atoms with Gasteiger partial charge in [0.25, 0.3) is 0 Å². The molecule has 0 atom stereocenters. The Balaban J connectivity index is 2.03. The third-order valence-electron chi connectivity index (χ3n) is 3.20. The SMILES string of the molecule is CCCCOc1ccc(-c2ocnc2CNC(C)C)cc1. The van der Waals surface area contributed by atoms with E-state index in [2.05, 4.69) is 31.1 Å². The molecule has 2 aromatic rings. The van der Waals surface area contributed by atoms with Crippen LogP contribution in [0.5, 0.6) is 5.75 Å². The Morgan fingerprint density at radius 2 is 2.00 bits per heavy atom. The second-order valence-corrected chi connectivity index (χ2v) is 5.39. The molecule has 0 aliphatic rings. The highest BCUT2D eigenvalue weighted by Crippen LogP contribution is 2.25. The number of unbranched alkanes of at least 4 members (excludes halogenated alkanes) is 1. The minimum atomic E-state index is 0.420. The Hall–Kier alpha value is -1.81. The molecule has 2 rings (SSSR count). The number of nitrogens with one attached hydrogen (secondary N) is 1. The van der Waals surface area contributed by atoms with Gasteiger partial charge in [0.05, 0.1) is 6.61 Å². The van der Waals surface area contributed by atoms with Crippen LogP contribution >= 0.6 is 0 Å². The summed E-state index contributed by atoms with van der Waals surface area (Å²) in [5.41, 5.74) is 1.96. The number of hydrogen-bond donors (Lipinski definition) is 1. The minimum Gasteiger partial charge on any atom is -0.494 e. The lowest BCUT2D eigenvalue weighted by Crippen LogP contribution is -2.22. The van der Waals surface area contributed by atoms with E-state index in [9.17, 15) is 0 Å². The maximum atomic E-state index is 5.67. The van der Waals surface area contributed by atoms with Crippen LogP contribution in [-0.4, -0.2) is 17.6 Å². The molecule has 21 heavy (non-hydrogen) atoms. The summed E-state index contributed by atoms with van der Waals surface area (Å²) in [6, 6.07) is 8.41. The summed E-state index contributed by atoms with van der Waals surface area (Å²) in [5, 5.41) is 3.36. The van der Waals surface area contributed by atoms with E-state index in [0.29, 0.717) is 12.6 Å². The van der Waals surface area contributed by atoms with Crippen LogP contribution in [-0.2, 0) is 6.54 Å². The van der Waals surface area contributed by atoms with Crippen LogP contribution in [0.1, 0.15) is 39.3 Å². The Morgan fingerprint density at radius 1 is 1.24 bits per heavy atom. The zero-order chi connectivity index (χ0) is 15.1. The van der Waals surface area contributed by atoms with Crippen LogP contribution in [0.15, 0.2) is 35.1 Å². The van der Waals surface area contributed by atoms with Crippen LogP contribution < -0.4 is 10.1 Å². The van der Waals surface area contributed by atoms with Crippen LogP contribution in [0.2, 0.25) is 0 Å². The molecule has 114 valence electrons. The molecule has 0 amide bonds. The van der Waals surface area contributed by atoms with Crippen molar-refractivity contribution in [3.8, 4) is 17.1 Å². The van der Waals surface area contributed by atoms with Gasteiger partial charge in [0.15, 0.2) is 12.2 Å². The van der Waals surface area contributed by atoms with E-state index in [-0.39, 0.29) is 0 Å². The van der Waals surface area contributed by atoms with Crippen LogP contribution in [0.4, 0.5) is 0 Å². The number of nitrogens with zero attached hydrogens (tertiary/aromatic N) is 1. The smallest absolute Gasteiger partial charge is 0.181 e. The minimum absolute atomic E-state index is 0.420. The third kappa shape index (κ3) is 4.60. The molecule has 0 fully saturated rings. The molecule has 0 unspecified atom stereocenters. The second-order valence-electron chi connectivity index (χ2n) is 5.39. The first-order valence-electron chi connectivity index (χ1n) is 7.59. The predicted molar refractivity (Wildman–Crippen MR) is 84.3 cm³/mol. The van der Waals surface area contributed by atoms with Crippen molar-refractivity contribution in [3.05, 3.63) is 36.4 Å². The number of rotatable bonds is 8. The van der Waals surface area contributed by atoms with Gasteiger partial charge in [-0.3, -0.25) is 0 Å². The zero-order valence-electron chi connectivity index (χ0n) is 13.1. The lowest BCUT2D eigenvalue weighted by Gasteiger charge is -2.08. The summed E-state index contributed by atoms with van der Waals surface area (Å²) in [4.78, 5) is 4.29. The van der Waals surface area contributed by atoms with Gasteiger partial charge in [0.2, 0.25) is 0 Å². The second kappa shape index (κ2) is 7.84. The first-order valence-corrected chi connectivity index (χ1v) is 7.59. The lowest BCUT2D eigenvalue weighted by atomic mass is 10.1. The Labute approximate surface area is 126 Å². The first kappa shape index (κ1) is 15.6. The van der Waals surface area contributed by atoms with E-state index >= 15 is 0 Å². The molecule has 4 nitrogen and oxygen atoms in total. The van der Waals surface area contributed by atoms with Crippen molar-refractivity contribution in [2.75, 3.05) is 6.61 Å². The fraction of sp³-hybridized carbons (Fsp3) is 0.471. The average Bonchev–Trinajstić information content (AvgIpc) is 2.94. The number of oxazole rings is 1. The third-order valence-corrected chi connectivity index (χ3v) is 3.20. The van der Waals surface area contributed by atoms with Crippen molar-refractivity contribution in [2.45, 2.75) is 46.2 Å². The molecule has 1 heterocycles. The molecule has 1 aromatic carbocycles. The monoisotopic (exact) mass is 288 g/mol. The molecule has 0 saturated heterocycles. The molecular weight excluding hydrogens is 264 g/mol. The van der Waals surface area contributed by atoms with E-state index < -0.39 is 0 Å². The van der Waals surface area contributed by atoms with Crippen molar-refractivity contribution >= 4 is 0 Å². The number of ether oxygens (including phenoxy) is 1. The number of hydrogen-bond acceptors (Lipinski definition) is 4. The van der Waals surface area contributed by atoms with Crippen LogP contribution in [0.3, 0.4) is 0 Å². The Morgan fingerprint density at radius 3 is 2.67 bits per heavy atom. The molecular formula is C17H24N2O2. The van der Waals surface area contributed by atoms with Crippen molar-refractivity contribution < 1.29 is 9.15 Å². The largest absolute Gasteiger partial charge is 0.494 e. The highest BCUT2D eigenvalue weighted by atomic mass is 16.5. The maximum Gasteiger partial charge on any atom is 0.181 e. The quantitative estimate of drug-likeness (QED) is 0.745. The maximum absolute atomic E-state index is 5.67. The fourth-order valence-electron chi connectivity index (χ4n) is 1.97. The van der Waals surface area contributed by atoms with Crippen molar-refractivity contribution in [1.82, 2.24) is 10.3 Å². The van der Waals surface area contributed by atoms with Gasteiger partial charge in [-0.15, -0.1) is 0 Å². The topological polar surface area (TPSA) is 47.3 Å². The van der Waals surface area contributed by atoms with Gasteiger partial charge in [-0.1, -0.05) is 27.2 Å². The summed E-state index contributed by atoms with van der Waals surface area (Å²) in [6.07, 6.45) is 3.72. The lowest BCUT2D eigenvalue weighted by molar-refractivity contribution is 0.309. The van der Waals surface area contributed by atoms with Crippen molar-refractivity contribution in [2.24, 2.45) is 0 Å². The predicted octanol–water partition coefficient (Wildman–Crippen LogP) is 4.02. The molecule has 0 aliphatic carbocycles. The summed E-state index contributed by atoms with van der Waals surface area (Å²) in [6.45, 7) is 7.85. The molecule has 0 spiro atoms. The Bertz CT molecular complexity index is 532.